The number of piperazine rings is 1. The first kappa shape index (κ1) is 18.1. The van der Waals surface area contributed by atoms with Crippen molar-refractivity contribution in [3.8, 4) is 0 Å². The lowest BCUT2D eigenvalue weighted by molar-refractivity contribution is 0.0734. The molecule has 1 aliphatic heterocycles. The Labute approximate surface area is 162 Å². The fourth-order valence-corrected chi connectivity index (χ4v) is 3.41. The predicted octanol–water partition coefficient (Wildman–Crippen LogP) is 1.73. The van der Waals surface area contributed by atoms with Gasteiger partial charge in [-0.2, -0.15) is 0 Å². The lowest BCUT2D eigenvalue weighted by Gasteiger charge is -2.35. The van der Waals surface area contributed by atoms with Crippen LogP contribution in [0.15, 0.2) is 47.8 Å². The van der Waals surface area contributed by atoms with E-state index in [4.69, 9.17) is 0 Å². The average Bonchev–Trinajstić information content (AvgIpc) is 2.73. The number of aromatic nitrogens is 4. The summed E-state index contributed by atoms with van der Waals surface area (Å²) in [6, 6.07) is 7.50. The fourth-order valence-electron chi connectivity index (χ4n) is 3.41. The molecule has 0 unspecified atom stereocenters. The maximum atomic E-state index is 12.6. The predicted molar refractivity (Wildman–Crippen MR) is 107 cm³/mol. The summed E-state index contributed by atoms with van der Waals surface area (Å²) in [6.45, 7) is 6.52. The SMILES string of the molecule is CC(C)n1cnc2cc(N3CCN(C(=O)c4ncccn4)CC3)ccc2c1=O. The van der Waals surface area contributed by atoms with Crippen LogP contribution in [0.4, 0.5) is 5.69 Å². The standard InChI is InChI=1S/C20H22N6O2/c1-14(2)26-13-23-17-12-15(4-5-16(17)19(26)27)24-8-10-25(11-9-24)20(28)18-21-6-3-7-22-18/h3-7,12-14H,8-11H2,1-2H3. The van der Waals surface area contributed by atoms with Gasteiger partial charge in [-0.1, -0.05) is 0 Å². The van der Waals surface area contributed by atoms with Gasteiger partial charge in [-0.3, -0.25) is 14.2 Å². The second kappa shape index (κ2) is 7.38. The number of fused-ring (bicyclic) bond motifs is 1. The molecular weight excluding hydrogens is 356 g/mol. The van der Waals surface area contributed by atoms with Crippen molar-refractivity contribution < 1.29 is 4.79 Å². The summed E-state index contributed by atoms with van der Waals surface area (Å²) in [4.78, 5) is 41.5. The molecule has 4 rings (SSSR count). The third-order valence-electron chi connectivity index (χ3n) is 5.01. The highest BCUT2D eigenvalue weighted by Crippen LogP contribution is 2.21. The maximum absolute atomic E-state index is 12.6. The fraction of sp³-hybridized carbons (Fsp3) is 0.350. The summed E-state index contributed by atoms with van der Waals surface area (Å²) in [5, 5.41) is 0.620. The van der Waals surface area contributed by atoms with Crippen LogP contribution in [-0.2, 0) is 0 Å². The Bertz CT molecular complexity index is 1060. The molecular formula is C20H22N6O2. The van der Waals surface area contributed by atoms with Gasteiger partial charge in [-0.25, -0.2) is 15.0 Å². The van der Waals surface area contributed by atoms with Gasteiger partial charge in [0.1, 0.15) is 0 Å². The molecule has 0 bridgehead atoms. The zero-order valence-corrected chi connectivity index (χ0v) is 15.9. The number of benzene rings is 1. The van der Waals surface area contributed by atoms with E-state index in [1.54, 1.807) is 34.3 Å². The average molecular weight is 378 g/mol. The first-order chi connectivity index (χ1) is 13.5. The smallest absolute Gasteiger partial charge is 0.291 e. The first-order valence-electron chi connectivity index (χ1n) is 9.37. The Morgan fingerprint density at radius 2 is 1.75 bits per heavy atom. The number of carbonyl (C=O) groups is 1. The molecule has 0 spiro atoms. The van der Waals surface area contributed by atoms with Crippen molar-refractivity contribution in [1.29, 1.82) is 0 Å². The highest BCUT2D eigenvalue weighted by molar-refractivity contribution is 5.90. The van der Waals surface area contributed by atoms with Crippen LogP contribution in [0.25, 0.3) is 10.9 Å². The molecule has 3 aromatic rings. The Hall–Kier alpha value is -3.29. The van der Waals surface area contributed by atoms with Crippen LogP contribution in [0.5, 0.6) is 0 Å². The largest absolute Gasteiger partial charge is 0.368 e. The van der Waals surface area contributed by atoms with E-state index in [2.05, 4.69) is 19.9 Å². The van der Waals surface area contributed by atoms with E-state index in [1.165, 1.54) is 0 Å². The number of anilines is 1. The molecule has 0 atom stereocenters. The van der Waals surface area contributed by atoms with Crippen LogP contribution in [0, 0.1) is 0 Å². The van der Waals surface area contributed by atoms with Crippen molar-refractivity contribution >= 4 is 22.5 Å². The van der Waals surface area contributed by atoms with Gasteiger partial charge in [0, 0.05) is 50.3 Å². The number of rotatable bonds is 3. The molecule has 2 aromatic heterocycles. The van der Waals surface area contributed by atoms with Gasteiger partial charge in [0.2, 0.25) is 5.82 Å². The van der Waals surface area contributed by atoms with Gasteiger partial charge >= 0.3 is 0 Å². The van der Waals surface area contributed by atoms with E-state index in [-0.39, 0.29) is 23.3 Å². The van der Waals surface area contributed by atoms with Gasteiger partial charge in [0.25, 0.3) is 11.5 Å². The maximum Gasteiger partial charge on any atom is 0.291 e. The third-order valence-corrected chi connectivity index (χ3v) is 5.01. The molecule has 1 amide bonds. The van der Waals surface area contributed by atoms with E-state index in [1.807, 2.05) is 32.0 Å². The van der Waals surface area contributed by atoms with Crippen molar-refractivity contribution in [2.75, 3.05) is 31.1 Å². The van der Waals surface area contributed by atoms with Crippen LogP contribution >= 0.6 is 0 Å². The van der Waals surface area contributed by atoms with Crippen LogP contribution in [0.1, 0.15) is 30.5 Å². The second-order valence-electron chi connectivity index (χ2n) is 7.10. The molecule has 0 N–H and O–H groups in total. The summed E-state index contributed by atoms with van der Waals surface area (Å²) >= 11 is 0. The first-order valence-corrected chi connectivity index (χ1v) is 9.37. The molecule has 8 heteroatoms. The zero-order valence-electron chi connectivity index (χ0n) is 15.9. The zero-order chi connectivity index (χ0) is 19.7. The Morgan fingerprint density at radius 1 is 1.04 bits per heavy atom. The summed E-state index contributed by atoms with van der Waals surface area (Å²) in [5.41, 5.74) is 1.67. The minimum atomic E-state index is -0.144. The van der Waals surface area contributed by atoms with Crippen molar-refractivity contribution in [2.45, 2.75) is 19.9 Å². The van der Waals surface area contributed by atoms with Crippen LogP contribution in [0.3, 0.4) is 0 Å². The minimum Gasteiger partial charge on any atom is -0.368 e. The lowest BCUT2D eigenvalue weighted by Crippen LogP contribution is -2.49. The van der Waals surface area contributed by atoms with Crippen molar-refractivity contribution in [2.24, 2.45) is 0 Å². The Balaban J connectivity index is 1.50. The van der Waals surface area contributed by atoms with Crippen LogP contribution < -0.4 is 10.5 Å². The van der Waals surface area contributed by atoms with E-state index < -0.39 is 0 Å². The molecule has 144 valence electrons. The molecule has 1 aliphatic rings. The van der Waals surface area contributed by atoms with Gasteiger partial charge in [0.15, 0.2) is 0 Å². The third kappa shape index (κ3) is 3.33. The molecule has 8 nitrogen and oxygen atoms in total. The van der Waals surface area contributed by atoms with Crippen LogP contribution in [0.2, 0.25) is 0 Å². The molecule has 1 saturated heterocycles. The quantitative estimate of drug-likeness (QED) is 0.690. The number of amides is 1. The molecule has 0 saturated carbocycles. The number of nitrogens with zero attached hydrogens (tertiary/aromatic N) is 6. The molecule has 1 aromatic carbocycles. The van der Waals surface area contributed by atoms with E-state index in [0.717, 1.165) is 5.69 Å². The van der Waals surface area contributed by atoms with E-state index >= 15 is 0 Å². The summed E-state index contributed by atoms with van der Waals surface area (Å²) in [6.07, 6.45) is 4.76. The minimum absolute atomic E-state index is 0.0233. The van der Waals surface area contributed by atoms with Crippen molar-refractivity contribution in [1.82, 2.24) is 24.4 Å². The lowest BCUT2D eigenvalue weighted by atomic mass is 10.2. The van der Waals surface area contributed by atoms with Gasteiger partial charge in [-0.15, -0.1) is 0 Å². The number of hydrogen-bond acceptors (Lipinski definition) is 6. The summed E-state index contributed by atoms with van der Waals surface area (Å²) < 4.78 is 1.64. The highest BCUT2D eigenvalue weighted by Gasteiger charge is 2.24. The van der Waals surface area contributed by atoms with Gasteiger partial charge in [-0.05, 0) is 38.1 Å². The van der Waals surface area contributed by atoms with Crippen molar-refractivity contribution in [3.63, 3.8) is 0 Å². The van der Waals surface area contributed by atoms with Gasteiger partial charge < -0.3 is 9.80 Å². The van der Waals surface area contributed by atoms with E-state index in [9.17, 15) is 9.59 Å². The molecule has 28 heavy (non-hydrogen) atoms. The van der Waals surface area contributed by atoms with Crippen LogP contribution in [-0.4, -0.2) is 56.5 Å². The van der Waals surface area contributed by atoms with E-state index in [0.29, 0.717) is 37.1 Å². The molecule has 0 radical (unpaired) electrons. The Morgan fingerprint density at radius 3 is 2.43 bits per heavy atom. The number of carbonyl (C=O) groups excluding carboxylic acids is 1. The molecule has 3 heterocycles. The molecule has 1 fully saturated rings. The normalized spacial score (nSPS) is 14.7. The summed E-state index contributed by atoms with van der Waals surface area (Å²) in [5.74, 6) is 0.0851. The molecule has 0 aliphatic carbocycles. The Kier molecular flexibility index (Phi) is 4.77. The topological polar surface area (TPSA) is 84.2 Å². The van der Waals surface area contributed by atoms with Gasteiger partial charge in [0.05, 0.1) is 17.2 Å². The number of hydrogen-bond donors (Lipinski definition) is 0. The highest BCUT2D eigenvalue weighted by atomic mass is 16.2. The second-order valence-corrected chi connectivity index (χ2v) is 7.10. The summed E-state index contributed by atoms with van der Waals surface area (Å²) in [7, 11) is 0. The monoisotopic (exact) mass is 378 g/mol. The van der Waals surface area contributed by atoms with Crippen molar-refractivity contribution in [3.05, 3.63) is 59.2 Å².